The quantitative estimate of drug-likeness (QED) is 0.219. The lowest BCUT2D eigenvalue weighted by Crippen LogP contribution is -2.37. The molecule has 0 saturated carbocycles. The molecule has 0 fully saturated rings. The Kier molecular flexibility index (Phi) is 7.29. The molecular formula is C14H17F5O4SSi. The maximum absolute atomic E-state index is 13.6. The van der Waals surface area contributed by atoms with Gasteiger partial charge in [0, 0.05) is 13.2 Å². The molecule has 0 atom stereocenters. The Morgan fingerprint density at radius 2 is 1.28 bits per heavy atom. The molecule has 0 aliphatic carbocycles. The van der Waals surface area contributed by atoms with Crippen LogP contribution >= 0.6 is 0 Å². The predicted molar refractivity (Wildman–Crippen MR) is 82.3 cm³/mol. The third-order valence-corrected chi connectivity index (χ3v) is 7.26. The van der Waals surface area contributed by atoms with E-state index in [9.17, 15) is 30.4 Å². The molecule has 1 rings (SSSR count). The molecule has 1 aromatic carbocycles. The van der Waals surface area contributed by atoms with Crippen molar-refractivity contribution in [2.24, 2.45) is 0 Å². The van der Waals surface area contributed by atoms with E-state index in [0.717, 1.165) is 6.08 Å². The van der Waals surface area contributed by atoms with Crippen LogP contribution in [0.2, 0.25) is 6.55 Å². The third-order valence-electron chi connectivity index (χ3n) is 3.08. The van der Waals surface area contributed by atoms with E-state index in [1.165, 1.54) is 5.70 Å². The van der Waals surface area contributed by atoms with Crippen molar-refractivity contribution in [2.45, 2.75) is 25.3 Å². The summed E-state index contributed by atoms with van der Waals surface area (Å²) in [5, 5.41) is 0. The molecule has 25 heavy (non-hydrogen) atoms. The summed E-state index contributed by atoms with van der Waals surface area (Å²) in [6.07, 6.45) is 1.02. The fourth-order valence-corrected chi connectivity index (χ4v) is 5.42. The highest BCUT2D eigenvalue weighted by Crippen LogP contribution is 2.27. The fraction of sp³-hybridized carbons (Fsp3) is 0.429. The summed E-state index contributed by atoms with van der Waals surface area (Å²) in [6.45, 7) is 5.59. The molecule has 0 bridgehead atoms. The van der Waals surface area contributed by atoms with Gasteiger partial charge in [0.25, 0.3) is 0 Å². The summed E-state index contributed by atoms with van der Waals surface area (Å²) in [5.74, 6) is -12.8. The van der Waals surface area contributed by atoms with Gasteiger partial charge in [0.15, 0.2) is 33.1 Å². The molecule has 0 aliphatic heterocycles. The lowest BCUT2D eigenvalue weighted by molar-refractivity contribution is 0.201. The van der Waals surface area contributed by atoms with Crippen LogP contribution in [0.15, 0.2) is 16.7 Å². The zero-order valence-corrected chi connectivity index (χ0v) is 15.5. The molecular weight excluding hydrogens is 387 g/mol. The Bertz CT molecular complexity index is 732. The largest absolute Gasteiger partial charge is 0.392 e. The molecule has 0 N–H and O–H groups in total. The summed E-state index contributed by atoms with van der Waals surface area (Å²) in [6, 6.07) is 0. The summed E-state index contributed by atoms with van der Waals surface area (Å²) < 4.78 is 102. The minimum Gasteiger partial charge on any atom is -0.392 e. The number of rotatable bonds is 8. The maximum atomic E-state index is 13.6. The van der Waals surface area contributed by atoms with Crippen molar-refractivity contribution in [3.8, 4) is 0 Å². The number of benzene rings is 1. The second-order valence-electron chi connectivity index (χ2n) is 4.96. The van der Waals surface area contributed by atoms with Crippen LogP contribution in [0, 0.1) is 29.1 Å². The standard InChI is InChI=1S/C14H17F5O4SSi/c1-4-22-25(3,23-5-2)8-6-7-24(20,21)14-12(18)10(16)9(15)11(17)13(14)19/h6,8H,4-5,7H2,1-3H3/b8-6+. The summed E-state index contributed by atoms with van der Waals surface area (Å²) >= 11 is 0. The molecule has 0 amide bonds. The average molecular weight is 404 g/mol. The highest BCUT2D eigenvalue weighted by atomic mass is 32.2. The lowest BCUT2D eigenvalue weighted by atomic mass is 10.3. The van der Waals surface area contributed by atoms with Crippen molar-refractivity contribution in [3.63, 3.8) is 0 Å². The Morgan fingerprint density at radius 1 is 0.880 bits per heavy atom. The minimum atomic E-state index is -4.81. The molecule has 0 aromatic heterocycles. The molecule has 0 spiro atoms. The smallest absolute Gasteiger partial charge is 0.361 e. The monoisotopic (exact) mass is 404 g/mol. The first kappa shape index (κ1) is 21.7. The molecule has 0 heterocycles. The summed E-state index contributed by atoms with van der Waals surface area (Å²) in [4.78, 5) is -1.86. The lowest BCUT2D eigenvalue weighted by Gasteiger charge is -2.22. The van der Waals surface area contributed by atoms with Crippen LogP contribution in [-0.2, 0) is 18.7 Å². The first-order valence-electron chi connectivity index (χ1n) is 7.20. The van der Waals surface area contributed by atoms with E-state index in [1.807, 2.05) is 0 Å². The minimum absolute atomic E-state index is 0.289. The maximum Gasteiger partial charge on any atom is 0.361 e. The predicted octanol–water partition coefficient (Wildman–Crippen LogP) is 3.40. The van der Waals surface area contributed by atoms with Crippen molar-refractivity contribution in [1.29, 1.82) is 0 Å². The van der Waals surface area contributed by atoms with Gasteiger partial charge in [0.05, 0.1) is 5.75 Å². The van der Waals surface area contributed by atoms with Crippen molar-refractivity contribution in [3.05, 3.63) is 40.9 Å². The Morgan fingerprint density at radius 3 is 1.68 bits per heavy atom. The van der Waals surface area contributed by atoms with Gasteiger partial charge in [-0.2, -0.15) is 0 Å². The second-order valence-corrected chi connectivity index (χ2v) is 9.88. The SMILES string of the molecule is CCO[Si](C)(/C=C/CS(=O)(=O)c1c(F)c(F)c(F)c(F)c1F)OCC. The topological polar surface area (TPSA) is 52.6 Å². The van der Waals surface area contributed by atoms with E-state index in [1.54, 1.807) is 20.4 Å². The van der Waals surface area contributed by atoms with Gasteiger partial charge in [-0.05, 0) is 26.1 Å². The molecule has 0 radical (unpaired) electrons. The van der Waals surface area contributed by atoms with Crippen LogP contribution in [0.4, 0.5) is 22.0 Å². The van der Waals surface area contributed by atoms with Gasteiger partial charge in [0.2, 0.25) is 5.82 Å². The van der Waals surface area contributed by atoms with Crippen molar-refractivity contribution in [1.82, 2.24) is 0 Å². The van der Waals surface area contributed by atoms with Gasteiger partial charge in [-0.1, -0.05) is 6.08 Å². The van der Waals surface area contributed by atoms with E-state index in [0.29, 0.717) is 0 Å². The summed E-state index contributed by atoms with van der Waals surface area (Å²) in [7, 11) is -7.66. The normalized spacial score (nSPS) is 13.0. The molecule has 0 aliphatic rings. The molecule has 11 heteroatoms. The van der Waals surface area contributed by atoms with E-state index >= 15 is 0 Å². The second kappa shape index (κ2) is 8.38. The molecule has 1 aromatic rings. The molecule has 4 nitrogen and oxygen atoms in total. The van der Waals surface area contributed by atoms with Gasteiger partial charge in [-0.25, -0.2) is 30.4 Å². The van der Waals surface area contributed by atoms with Gasteiger partial charge >= 0.3 is 8.56 Å². The van der Waals surface area contributed by atoms with Crippen molar-refractivity contribution in [2.75, 3.05) is 19.0 Å². The zero-order chi connectivity index (χ0) is 19.4. The van der Waals surface area contributed by atoms with Crippen molar-refractivity contribution >= 4 is 18.4 Å². The first-order chi connectivity index (χ1) is 11.5. The molecule has 0 unspecified atom stereocenters. The zero-order valence-electron chi connectivity index (χ0n) is 13.7. The van der Waals surface area contributed by atoms with Crippen LogP contribution in [0.3, 0.4) is 0 Å². The highest BCUT2D eigenvalue weighted by molar-refractivity contribution is 7.91. The van der Waals surface area contributed by atoms with Gasteiger partial charge in [-0.15, -0.1) is 0 Å². The average Bonchev–Trinajstić information content (AvgIpc) is 2.51. The Balaban J connectivity index is 3.22. The van der Waals surface area contributed by atoms with E-state index < -0.39 is 58.1 Å². The Hall–Kier alpha value is -1.30. The van der Waals surface area contributed by atoms with Crippen LogP contribution in [0.1, 0.15) is 13.8 Å². The van der Waals surface area contributed by atoms with Crippen molar-refractivity contribution < 1.29 is 39.2 Å². The number of sulfone groups is 1. The summed E-state index contributed by atoms with van der Waals surface area (Å²) in [5.41, 5.74) is 1.32. The van der Waals surface area contributed by atoms with Gasteiger partial charge in [0.1, 0.15) is 4.90 Å². The molecule has 142 valence electrons. The van der Waals surface area contributed by atoms with Crippen LogP contribution < -0.4 is 0 Å². The Labute approximate surface area is 143 Å². The van der Waals surface area contributed by atoms with Crippen LogP contribution in [0.5, 0.6) is 0 Å². The van der Waals surface area contributed by atoms with Crippen LogP contribution in [-0.4, -0.2) is 35.9 Å². The van der Waals surface area contributed by atoms with Gasteiger partial charge in [-0.3, -0.25) is 0 Å². The number of hydrogen-bond acceptors (Lipinski definition) is 4. The third kappa shape index (κ3) is 4.87. The van der Waals surface area contributed by atoms with E-state index in [2.05, 4.69) is 0 Å². The van der Waals surface area contributed by atoms with E-state index in [-0.39, 0.29) is 13.2 Å². The number of hydrogen-bond donors (Lipinski definition) is 0. The molecule has 0 saturated heterocycles. The fourth-order valence-electron chi connectivity index (χ4n) is 2.04. The highest BCUT2D eigenvalue weighted by Gasteiger charge is 2.33. The van der Waals surface area contributed by atoms with Crippen LogP contribution in [0.25, 0.3) is 0 Å². The van der Waals surface area contributed by atoms with E-state index in [4.69, 9.17) is 8.85 Å². The van der Waals surface area contributed by atoms with Gasteiger partial charge < -0.3 is 8.85 Å². The number of halogens is 5. The first-order valence-corrected chi connectivity index (χ1v) is 11.2.